The van der Waals surface area contributed by atoms with E-state index in [4.69, 9.17) is 0 Å². The normalized spacial score (nSPS) is 14.0. The van der Waals surface area contributed by atoms with Crippen molar-refractivity contribution in [2.75, 3.05) is 0 Å². The summed E-state index contributed by atoms with van der Waals surface area (Å²) in [7, 11) is 0. The van der Waals surface area contributed by atoms with Crippen LogP contribution in [0, 0.1) is 0 Å². The molecule has 2 aromatic heterocycles. The molecule has 0 bridgehead atoms. The number of nitrogens with zero attached hydrogens (tertiary/aromatic N) is 1. The minimum Gasteiger partial charge on any atom is -0.334 e. The van der Waals surface area contributed by atoms with E-state index in [0.717, 1.165) is 10.4 Å². The van der Waals surface area contributed by atoms with Gasteiger partial charge in [0.15, 0.2) is 0 Å². The van der Waals surface area contributed by atoms with E-state index in [1.165, 1.54) is 18.5 Å². The van der Waals surface area contributed by atoms with Crippen molar-refractivity contribution >= 4 is 17.4 Å². The molecule has 1 aliphatic carbocycles. The number of thiophene rings is 1. The van der Waals surface area contributed by atoms with Gasteiger partial charge in [0.25, 0.3) is 0 Å². The summed E-state index contributed by atoms with van der Waals surface area (Å²) in [4.78, 5) is 17.2. The first-order valence-corrected chi connectivity index (χ1v) is 7.68. The monoisotopic (exact) mass is 287 g/mol. The Morgan fingerprint density at radius 3 is 2.75 bits per heavy atom. The quantitative estimate of drug-likeness (QED) is 0.888. The third kappa shape index (κ3) is 3.57. The number of hydrogen-bond acceptors (Lipinski definition) is 3. The Bertz CT molecular complexity index is 561. The average Bonchev–Trinajstić information content (AvgIpc) is 3.20. The van der Waals surface area contributed by atoms with Crippen LogP contribution < -0.4 is 10.6 Å². The summed E-state index contributed by atoms with van der Waals surface area (Å²) in [6.07, 6.45) is 4.37. The van der Waals surface area contributed by atoms with Gasteiger partial charge in [-0.15, -0.1) is 11.3 Å². The molecule has 0 aliphatic heterocycles. The van der Waals surface area contributed by atoms with E-state index in [1.807, 2.05) is 29.8 Å². The lowest BCUT2D eigenvalue weighted by Gasteiger charge is -2.07. The van der Waals surface area contributed by atoms with Gasteiger partial charge < -0.3 is 10.6 Å². The fourth-order valence-electron chi connectivity index (χ4n) is 1.99. The van der Waals surface area contributed by atoms with Crippen molar-refractivity contribution in [1.29, 1.82) is 0 Å². The molecule has 0 radical (unpaired) electrons. The van der Waals surface area contributed by atoms with Crippen molar-refractivity contribution < 1.29 is 4.79 Å². The molecule has 2 amide bonds. The number of hydrogen-bond donors (Lipinski definition) is 2. The second-order valence-electron chi connectivity index (χ2n) is 4.98. The SMILES string of the molecule is O=C(NCc1ccc(C2CC2)nc1)NCc1cccs1. The third-order valence-electron chi connectivity index (χ3n) is 3.30. The molecule has 20 heavy (non-hydrogen) atoms. The maximum absolute atomic E-state index is 11.7. The molecule has 5 heteroatoms. The van der Waals surface area contributed by atoms with Crippen molar-refractivity contribution in [2.45, 2.75) is 31.8 Å². The lowest BCUT2D eigenvalue weighted by Crippen LogP contribution is -2.34. The van der Waals surface area contributed by atoms with Crippen LogP contribution in [0.2, 0.25) is 0 Å². The van der Waals surface area contributed by atoms with Crippen LogP contribution in [-0.4, -0.2) is 11.0 Å². The Kier molecular flexibility index (Phi) is 3.97. The van der Waals surface area contributed by atoms with Gasteiger partial charge in [-0.1, -0.05) is 12.1 Å². The fraction of sp³-hybridized carbons (Fsp3) is 0.333. The number of pyridine rings is 1. The van der Waals surface area contributed by atoms with Gasteiger partial charge in [0, 0.05) is 29.2 Å². The fourth-order valence-corrected chi connectivity index (χ4v) is 2.63. The molecule has 2 heterocycles. The Hall–Kier alpha value is -1.88. The van der Waals surface area contributed by atoms with Crippen molar-refractivity contribution in [3.8, 4) is 0 Å². The molecule has 1 aliphatic rings. The van der Waals surface area contributed by atoms with Crippen LogP contribution in [0.15, 0.2) is 35.8 Å². The molecule has 0 aromatic carbocycles. The van der Waals surface area contributed by atoms with Gasteiger partial charge in [-0.05, 0) is 35.9 Å². The van der Waals surface area contributed by atoms with Crippen LogP contribution in [0.1, 0.15) is 34.9 Å². The van der Waals surface area contributed by atoms with Gasteiger partial charge in [0.2, 0.25) is 0 Å². The second-order valence-corrected chi connectivity index (χ2v) is 6.01. The van der Waals surface area contributed by atoms with E-state index < -0.39 is 0 Å². The van der Waals surface area contributed by atoms with Gasteiger partial charge in [-0.3, -0.25) is 4.98 Å². The number of carbonyl (C=O) groups is 1. The predicted molar refractivity (Wildman–Crippen MR) is 79.6 cm³/mol. The maximum atomic E-state index is 11.7. The Morgan fingerprint density at radius 1 is 1.25 bits per heavy atom. The molecule has 104 valence electrons. The maximum Gasteiger partial charge on any atom is 0.315 e. The van der Waals surface area contributed by atoms with E-state index >= 15 is 0 Å². The first-order valence-electron chi connectivity index (χ1n) is 6.80. The highest BCUT2D eigenvalue weighted by Crippen LogP contribution is 2.38. The molecule has 2 aromatic rings. The summed E-state index contributed by atoms with van der Waals surface area (Å²) in [6.45, 7) is 1.08. The molecule has 1 fully saturated rings. The third-order valence-corrected chi connectivity index (χ3v) is 4.18. The molecule has 4 nitrogen and oxygen atoms in total. The molecule has 2 N–H and O–H groups in total. The summed E-state index contributed by atoms with van der Waals surface area (Å²) in [6, 6.07) is 7.95. The number of urea groups is 1. The van der Waals surface area contributed by atoms with Crippen LogP contribution in [0.5, 0.6) is 0 Å². The number of carbonyl (C=O) groups excluding carboxylic acids is 1. The van der Waals surface area contributed by atoms with E-state index in [9.17, 15) is 4.79 Å². The van der Waals surface area contributed by atoms with E-state index in [0.29, 0.717) is 19.0 Å². The number of amides is 2. The van der Waals surface area contributed by atoms with E-state index in [-0.39, 0.29) is 6.03 Å². The van der Waals surface area contributed by atoms with Gasteiger partial charge in [-0.2, -0.15) is 0 Å². The van der Waals surface area contributed by atoms with Crippen LogP contribution in [0.25, 0.3) is 0 Å². The molecular formula is C15H17N3OS. The molecule has 0 atom stereocenters. The lowest BCUT2D eigenvalue weighted by molar-refractivity contribution is 0.240. The Balaban J connectivity index is 1.42. The Morgan fingerprint density at radius 2 is 2.10 bits per heavy atom. The molecule has 0 saturated heterocycles. The zero-order chi connectivity index (χ0) is 13.8. The summed E-state index contributed by atoms with van der Waals surface area (Å²) >= 11 is 1.64. The van der Waals surface area contributed by atoms with Gasteiger partial charge >= 0.3 is 6.03 Å². The van der Waals surface area contributed by atoms with Gasteiger partial charge in [-0.25, -0.2) is 4.79 Å². The molecular weight excluding hydrogens is 270 g/mol. The second kappa shape index (κ2) is 6.05. The zero-order valence-corrected chi connectivity index (χ0v) is 12.0. The van der Waals surface area contributed by atoms with Gasteiger partial charge in [0.05, 0.1) is 6.54 Å². The largest absolute Gasteiger partial charge is 0.334 e. The van der Waals surface area contributed by atoms with Crippen molar-refractivity contribution in [3.05, 3.63) is 52.0 Å². The summed E-state index contributed by atoms with van der Waals surface area (Å²) < 4.78 is 0. The van der Waals surface area contributed by atoms with E-state index in [2.05, 4.69) is 21.7 Å². The standard InChI is InChI=1S/C15H17N3OS/c19-15(18-10-13-2-1-7-20-13)17-9-11-3-6-14(16-8-11)12-4-5-12/h1-3,6-8,12H,4-5,9-10H2,(H2,17,18,19). The Labute approximate surface area is 122 Å². The molecule has 0 spiro atoms. The van der Waals surface area contributed by atoms with Crippen LogP contribution >= 0.6 is 11.3 Å². The predicted octanol–water partition coefficient (Wildman–Crippen LogP) is 3.02. The van der Waals surface area contributed by atoms with E-state index in [1.54, 1.807) is 11.3 Å². The minimum atomic E-state index is -0.148. The molecule has 3 rings (SSSR count). The summed E-state index contributed by atoms with van der Waals surface area (Å²) in [5.41, 5.74) is 2.21. The van der Waals surface area contributed by atoms with Crippen LogP contribution in [0.3, 0.4) is 0 Å². The zero-order valence-electron chi connectivity index (χ0n) is 11.1. The topological polar surface area (TPSA) is 54.0 Å². The van der Waals surface area contributed by atoms with Crippen LogP contribution in [0.4, 0.5) is 4.79 Å². The summed E-state index contributed by atoms with van der Waals surface area (Å²) in [5, 5.41) is 7.68. The van der Waals surface area contributed by atoms with Crippen molar-refractivity contribution in [3.63, 3.8) is 0 Å². The van der Waals surface area contributed by atoms with Crippen molar-refractivity contribution in [1.82, 2.24) is 15.6 Å². The van der Waals surface area contributed by atoms with Crippen molar-refractivity contribution in [2.24, 2.45) is 0 Å². The first kappa shape index (κ1) is 13.1. The lowest BCUT2D eigenvalue weighted by atomic mass is 10.2. The highest BCUT2D eigenvalue weighted by molar-refractivity contribution is 7.09. The highest BCUT2D eigenvalue weighted by atomic mass is 32.1. The minimum absolute atomic E-state index is 0.148. The average molecular weight is 287 g/mol. The summed E-state index contributed by atoms with van der Waals surface area (Å²) in [5.74, 6) is 0.672. The first-order chi connectivity index (χ1) is 9.81. The van der Waals surface area contributed by atoms with Gasteiger partial charge in [0.1, 0.15) is 0 Å². The number of rotatable bonds is 5. The molecule has 0 unspecified atom stereocenters. The number of nitrogens with one attached hydrogen (secondary N) is 2. The highest BCUT2D eigenvalue weighted by Gasteiger charge is 2.24. The molecule has 1 saturated carbocycles. The number of aromatic nitrogens is 1. The van der Waals surface area contributed by atoms with Crippen LogP contribution in [-0.2, 0) is 13.1 Å². The smallest absolute Gasteiger partial charge is 0.315 e.